The Morgan fingerprint density at radius 1 is 1.80 bits per heavy atom. The highest BCUT2D eigenvalue weighted by Gasteiger charge is 2.39. The molecular weight excluding hydrogens is 135 g/mol. The van der Waals surface area contributed by atoms with Gasteiger partial charge in [0.1, 0.15) is 0 Å². The second-order valence-corrected chi connectivity index (χ2v) is 3.15. The smallest absolute Gasteiger partial charge is 0.341 e. The first kappa shape index (κ1) is 7.51. The van der Waals surface area contributed by atoms with Crippen LogP contribution in [0.25, 0.3) is 0 Å². The van der Waals surface area contributed by atoms with E-state index in [0.29, 0.717) is 5.92 Å². The first-order chi connectivity index (χ1) is 4.52. The van der Waals surface area contributed by atoms with Crippen molar-refractivity contribution in [2.24, 2.45) is 5.92 Å². The highest BCUT2D eigenvalue weighted by molar-refractivity contribution is 5.76. The van der Waals surface area contributed by atoms with Crippen molar-refractivity contribution in [2.45, 2.75) is 31.9 Å². The zero-order chi connectivity index (χ0) is 7.78. The summed E-state index contributed by atoms with van der Waals surface area (Å²) in [6.07, 6.45) is 2.17. The number of hydrogen-bond donors (Lipinski definition) is 1. The molecule has 0 bridgehead atoms. The minimum Gasteiger partial charge on any atom is -0.479 e. The quantitative estimate of drug-likeness (QED) is 0.656. The van der Waals surface area contributed by atoms with Crippen LogP contribution in [-0.4, -0.2) is 16.7 Å². The van der Waals surface area contributed by atoms with Gasteiger partial charge in [0, 0.05) is 0 Å². The van der Waals surface area contributed by atoms with Gasteiger partial charge in [0.15, 0.2) is 0 Å². The van der Waals surface area contributed by atoms with Crippen LogP contribution in [0.15, 0.2) is 0 Å². The van der Waals surface area contributed by atoms with Crippen molar-refractivity contribution < 1.29 is 14.3 Å². The summed E-state index contributed by atoms with van der Waals surface area (Å²) in [5, 5.41) is 8.34. The number of carbonyl (C=O) groups is 1. The lowest BCUT2D eigenvalue weighted by Crippen LogP contribution is -2.30. The number of aliphatic carboxylic acids is 1. The number of carboxylic acids is 1. The molecular formula is C7H11FO2. The maximum absolute atomic E-state index is 12.9. The van der Waals surface area contributed by atoms with Crippen LogP contribution >= 0.6 is 0 Å². The van der Waals surface area contributed by atoms with Crippen molar-refractivity contribution in [3.8, 4) is 0 Å². The predicted octanol–water partition coefficient (Wildman–Crippen LogP) is 1.60. The van der Waals surface area contributed by atoms with Gasteiger partial charge in [-0.25, -0.2) is 9.18 Å². The molecule has 0 amide bonds. The zero-order valence-electron chi connectivity index (χ0n) is 5.93. The lowest BCUT2D eigenvalue weighted by Gasteiger charge is -2.13. The van der Waals surface area contributed by atoms with Gasteiger partial charge in [0.2, 0.25) is 5.67 Å². The summed E-state index contributed by atoms with van der Waals surface area (Å²) in [5.74, 6) is -1.01. The summed E-state index contributed by atoms with van der Waals surface area (Å²) in [6, 6.07) is 0. The van der Waals surface area contributed by atoms with E-state index < -0.39 is 11.6 Å². The molecule has 0 spiro atoms. The third kappa shape index (κ3) is 1.69. The standard InChI is InChI=1S/C7H11FO2/c1-7(8,6(9)10)4-5-2-3-5/h5H,2-4H2,1H3,(H,9,10). The molecule has 1 atom stereocenters. The molecule has 2 nitrogen and oxygen atoms in total. The molecule has 10 heavy (non-hydrogen) atoms. The molecule has 0 saturated heterocycles. The maximum Gasteiger partial charge on any atom is 0.341 e. The van der Waals surface area contributed by atoms with Gasteiger partial charge in [-0.15, -0.1) is 0 Å². The van der Waals surface area contributed by atoms with E-state index >= 15 is 0 Å². The normalized spacial score (nSPS) is 23.8. The van der Waals surface area contributed by atoms with Crippen molar-refractivity contribution in [2.75, 3.05) is 0 Å². The molecule has 1 aliphatic rings. The largest absolute Gasteiger partial charge is 0.479 e. The zero-order valence-corrected chi connectivity index (χ0v) is 5.93. The number of alkyl halides is 1. The Hall–Kier alpha value is -0.600. The van der Waals surface area contributed by atoms with Crippen molar-refractivity contribution in [1.82, 2.24) is 0 Å². The number of rotatable bonds is 3. The van der Waals surface area contributed by atoms with E-state index in [1.807, 2.05) is 0 Å². The molecule has 0 aromatic carbocycles. The van der Waals surface area contributed by atoms with Crippen LogP contribution in [0.1, 0.15) is 26.2 Å². The van der Waals surface area contributed by atoms with Gasteiger partial charge < -0.3 is 5.11 Å². The molecule has 58 valence electrons. The van der Waals surface area contributed by atoms with E-state index in [-0.39, 0.29) is 6.42 Å². The lowest BCUT2D eigenvalue weighted by atomic mass is 10.0. The van der Waals surface area contributed by atoms with E-state index in [2.05, 4.69) is 0 Å². The number of hydrogen-bond acceptors (Lipinski definition) is 1. The molecule has 1 rings (SSSR count). The van der Waals surface area contributed by atoms with Gasteiger partial charge in [-0.05, 0) is 19.3 Å². The molecule has 0 aromatic heterocycles. The summed E-state index contributed by atoms with van der Waals surface area (Å²) in [6.45, 7) is 1.13. The molecule has 0 aromatic rings. The summed E-state index contributed by atoms with van der Waals surface area (Å²) < 4.78 is 12.9. The van der Waals surface area contributed by atoms with E-state index in [1.165, 1.54) is 0 Å². The molecule has 0 radical (unpaired) electrons. The SMILES string of the molecule is CC(F)(CC1CC1)C(=O)O. The van der Waals surface area contributed by atoms with Gasteiger partial charge in [-0.1, -0.05) is 12.8 Å². The Kier molecular flexibility index (Phi) is 1.67. The van der Waals surface area contributed by atoms with Crippen molar-refractivity contribution in [3.63, 3.8) is 0 Å². The first-order valence-corrected chi connectivity index (χ1v) is 3.45. The maximum atomic E-state index is 12.9. The number of halogens is 1. The van der Waals surface area contributed by atoms with Gasteiger partial charge in [0.25, 0.3) is 0 Å². The van der Waals surface area contributed by atoms with Crippen molar-refractivity contribution in [1.29, 1.82) is 0 Å². The molecule has 1 fully saturated rings. The molecule has 1 aliphatic carbocycles. The Balaban J connectivity index is 2.40. The number of carboxylic acid groups (broad SMARTS) is 1. The van der Waals surface area contributed by atoms with Crippen molar-refractivity contribution >= 4 is 5.97 Å². The van der Waals surface area contributed by atoms with Gasteiger partial charge in [-0.3, -0.25) is 0 Å². The summed E-state index contributed by atoms with van der Waals surface area (Å²) in [4.78, 5) is 10.2. The van der Waals surface area contributed by atoms with Crippen LogP contribution in [0.3, 0.4) is 0 Å². The fraction of sp³-hybridized carbons (Fsp3) is 0.857. The average molecular weight is 146 g/mol. The van der Waals surface area contributed by atoms with Gasteiger partial charge in [-0.2, -0.15) is 0 Å². The molecule has 1 N–H and O–H groups in total. The van der Waals surface area contributed by atoms with Crippen LogP contribution in [-0.2, 0) is 4.79 Å². The Morgan fingerprint density at radius 3 is 2.60 bits per heavy atom. The van der Waals surface area contributed by atoms with Crippen LogP contribution in [0, 0.1) is 5.92 Å². The predicted molar refractivity (Wildman–Crippen MR) is 34.5 cm³/mol. The average Bonchev–Trinajstić information content (AvgIpc) is 2.48. The summed E-state index contributed by atoms with van der Waals surface area (Å²) in [7, 11) is 0. The highest BCUT2D eigenvalue weighted by atomic mass is 19.1. The van der Waals surface area contributed by atoms with Crippen LogP contribution in [0.4, 0.5) is 4.39 Å². The second-order valence-electron chi connectivity index (χ2n) is 3.15. The molecule has 1 unspecified atom stereocenters. The first-order valence-electron chi connectivity index (χ1n) is 3.45. The third-order valence-electron chi connectivity index (χ3n) is 1.81. The van der Waals surface area contributed by atoms with E-state index in [1.54, 1.807) is 0 Å². The van der Waals surface area contributed by atoms with E-state index in [9.17, 15) is 9.18 Å². The fourth-order valence-corrected chi connectivity index (χ4v) is 0.951. The lowest BCUT2D eigenvalue weighted by molar-refractivity contribution is -0.150. The van der Waals surface area contributed by atoms with E-state index in [4.69, 9.17) is 5.11 Å². The van der Waals surface area contributed by atoms with Crippen LogP contribution in [0.2, 0.25) is 0 Å². The second kappa shape index (κ2) is 2.22. The highest BCUT2D eigenvalue weighted by Crippen LogP contribution is 2.38. The van der Waals surface area contributed by atoms with Gasteiger partial charge in [0.05, 0.1) is 0 Å². The Bertz CT molecular complexity index is 150. The molecule has 3 heteroatoms. The minimum atomic E-state index is -2.00. The molecule has 0 heterocycles. The molecule has 0 aliphatic heterocycles. The van der Waals surface area contributed by atoms with Gasteiger partial charge >= 0.3 is 5.97 Å². The Labute approximate surface area is 59.0 Å². The monoisotopic (exact) mass is 146 g/mol. The minimum absolute atomic E-state index is 0.183. The van der Waals surface area contributed by atoms with Crippen LogP contribution in [0.5, 0.6) is 0 Å². The summed E-state index contributed by atoms with van der Waals surface area (Å²) in [5.41, 5.74) is -2.00. The third-order valence-corrected chi connectivity index (χ3v) is 1.81. The Morgan fingerprint density at radius 2 is 2.30 bits per heavy atom. The topological polar surface area (TPSA) is 37.3 Å². The summed E-state index contributed by atoms with van der Waals surface area (Å²) >= 11 is 0. The van der Waals surface area contributed by atoms with E-state index in [0.717, 1.165) is 19.8 Å². The fourth-order valence-electron chi connectivity index (χ4n) is 0.951. The van der Waals surface area contributed by atoms with Crippen molar-refractivity contribution in [3.05, 3.63) is 0 Å². The van der Waals surface area contributed by atoms with Crippen LogP contribution < -0.4 is 0 Å². The molecule has 1 saturated carbocycles.